The van der Waals surface area contributed by atoms with Crippen molar-refractivity contribution in [2.45, 2.75) is 75.9 Å². The number of unbranched alkanes of at least 4 members (excludes halogenated alkanes) is 2. The van der Waals surface area contributed by atoms with Crippen LogP contribution in [0.5, 0.6) is 11.5 Å². The third kappa shape index (κ3) is 4.55. The second-order valence-electron chi connectivity index (χ2n) is 8.76. The van der Waals surface area contributed by atoms with Crippen LogP contribution in [0.25, 0.3) is 10.2 Å². The number of benzene rings is 1. The Bertz CT molecular complexity index is 1280. The Morgan fingerprint density at radius 3 is 2.97 bits per heavy atom. The van der Waals surface area contributed by atoms with Crippen LogP contribution >= 0.6 is 23.1 Å². The Balaban J connectivity index is 1.33. The molecule has 1 aliphatic heterocycles. The molecule has 0 bridgehead atoms. The zero-order valence-corrected chi connectivity index (χ0v) is 21.2. The van der Waals surface area contributed by atoms with Crippen LogP contribution in [0.15, 0.2) is 28.2 Å². The maximum atomic E-state index is 13.5. The van der Waals surface area contributed by atoms with Gasteiger partial charge in [0.05, 0.1) is 10.6 Å². The highest BCUT2D eigenvalue weighted by Gasteiger charge is 2.25. The minimum Gasteiger partial charge on any atom is -0.454 e. The molecule has 0 saturated carbocycles. The fraction of sp³-hybridized carbons (Fsp3) is 0.480. The van der Waals surface area contributed by atoms with E-state index >= 15 is 0 Å². The van der Waals surface area contributed by atoms with E-state index in [-0.39, 0.29) is 23.5 Å². The number of rotatable bonds is 9. The van der Waals surface area contributed by atoms with Gasteiger partial charge in [-0.15, -0.1) is 11.3 Å². The second kappa shape index (κ2) is 10.00. The van der Waals surface area contributed by atoms with E-state index in [4.69, 9.17) is 14.5 Å². The Morgan fingerprint density at radius 2 is 2.12 bits per heavy atom. The van der Waals surface area contributed by atoms with E-state index in [1.165, 1.54) is 22.2 Å². The summed E-state index contributed by atoms with van der Waals surface area (Å²) in [4.78, 5) is 33.4. The van der Waals surface area contributed by atoms with Crippen LogP contribution in [0.4, 0.5) is 0 Å². The number of hydrogen-bond donors (Lipinski definition) is 1. The van der Waals surface area contributed by atoms with Gasteiger partial charge in [0.1, 0.15) is 4.83 Å². The van der Waals surface area contributed by atoms with Gasteiger partial charge < -0.3 is 14.8 Å². The van der Waals surface area contributed by atoms with Gasteiger partial charge in [0.25, 0.3) is 5.56 Å². The van der Waals surface area contributed by atoms with E-state index < -0.39 is 0 Å². The van der Waals surface area contributed by atoms with Gasteiger partial charge in [-0.2, -0.15) is 0 Å². The molecule has 3 heterocycles. The summed E-state index contributed by atoms with van der Waals surface area (Å²) < 4.78 is 12.6. The summed E-state index contributed by atoms with van der Waals surface area (Å²) in [6, 6.07) is 5.66. The van der Waals surface area contributed by atoms with Crippen molar-refractivity contribution in [3.8, 4) is 11.5 Å². The van der Waals surface area contributed by atoms with Gasteiger partial charge in [0, 0.05) is 18.0 Å². The number of amides is 1. The van der Waals surface area contributed by atoms with E-state index in [0.717, 1.165) is 60.1 Å². The van der Waals surface area contributed by atoms with Crippen LogP contribution in [0, 0.1) is 0 Å². The van der Waals surface area contributed by atoms with Crippen molar-refractivity contribution < 1.29 is 14.3 Å². The number of nitrogens with zero attached hydrogens (tertiary/aromatic N) is 2. The Labute approximate surface area is 206 Å². The average Bonchev–Trinajstić information content (AvgIpc) is 3.55. The molecular weight excluding hydrogens is 470 g/mol. The molecule has 7 nitrogen and oxygen atoms in total. The fourth-order valence-corrected chi connectivity index (χ4v) is 6.72. The number of aromatic nitrogens is 2. The monoisotopic (exact) mass is 499 g/mol. The molecule has 1 N–H and O–H groups in total. The highest BCUT2D eigenvalue weighted by Crippen LogP contribution is 2.36. The fourth-order valence-electron chi connectivity index (χ4n) is 4.46. The molecule has 1 aromatic carbocycles. The standard InChI is InChI=1S/C25H29N3O4S2/c1-3-4-5-11-28-24(30)21-17-7-6-8-20(17)34-23(21)27-25(28)33-15(2)22(29)26-13-16-9-10-18-19(12-16)32-14-31-18/h9-10,12,15H,3-8,11,13-14H2,1-2H3,(H,26,29). The minimum atomic E-state index is -0.386. The molecule has 9 heteroatoms. The van der Waals surface area contributed by atoms with Crippen molar-refractivity contribution in [2.24, 2.45) is 0 Å². The van der Waals surface area contributed by atoms with Crippen molar-refractivity contribution in [3.63, 3.8) is 0 Å². The molecule has 34 heavy (non-hydrogen) atoms. The van der Waals surface area contributed by atoms with E-state index in [9.17, 15) is 9.59 Å². The summed E-state index contributed by atoms with van der Waals surface area (Å²) in [5, 5.41) is 4.05. The second-order valence-corrected chi connectivity index (χ2v) is 11.2. The van der Waals surface area contributed by atoms with E-state index in [1.54, 1.807) is 15.9 Å². The van der Waals surface area contributed by atoms with Gasteiger partial charge in [-0.25, -0.2) is 4.98 Å². The SMILES string of the molecule is CCCCCn1c(SC(C)C(=O)NCc2ccc3c(c2)OCO3)nc2sc3c(c2c1=O)CCC3. The molecule has 2 aliphatic rings. The molecule has 0 saturated heterocycles. The number of carbonyl (C=O) groups excluding carboxylic acids is 1. The molecule has 1 amide bonds. The van der Waals surface area contributed by atoms with E-state index in [2.05, 4.69) is 12.2 Å². The molecular formula is C25H29N3O4S2. The number of ether oxygens (including phenoxy) is 2. The summed E-state index contributed by atoms with van der Waals surface area (Å²) >= 11 is 3.01. The zero-order chi connectivity index (χ0) is 23.7. The molecule has 2 aromatic heterocycles. The molecule has 1 atom stereocenters. The topological polar surface area (TPSA) is 82.5 Å². The lowest BCUT2D eigenvalue weighted by Gasteiger charge is -2.16. The maximum absolute atomic E-state index is 13.5. The van der Waals surface area contributed by atoms with Crippen LogP contribution < -0.4 is 20.3 Å². The number of carbonyl (C=O) groups is 1. The van der Waals surface area contributed by atoms with Gasteiger partial charge >= 0.3 is 0 Å². The Hall–Kier alpha value is -2.52. The van der Waals surface area contributed by atoms with Gasteiger partial charge in [-0.3, -0.25) is 14.2 Å². The first-order chi connectivity index (χ1) is 16.5. The number of thioether (sulfide) groups is 1. The molecule has 0 spiro atoms. The lowest BCUT2D eigenvalue weighted by Crippen LogP contribution is -2.31. The lowest BCUT2D eigenvalue weighted by molar-refractivity contribution is -0.120. The zero-order valence-electron chi connectivity index (χ0n) is 19.5. The summed E-state index contributed by atoms with van der Waals surface area (Å²) in [5.74, 6) is 1.33. The molecule has 0 fully saturated rings. The molecule has 3 aromatic rings. The summed E-state index contributed by atoms with van der Waals surface area (Å²) in [5.41, 5.74) is 2.20. The third-order valence-corrected chi connectivity index (χ3v) is 8.61. The molecule has 1 unspecified atom stereocenters. The predicted octanol–water partition coefficient (Wildman–Crippen LogP) is 4.66. The highest BCUT2D eigenvalue weighted by atomic mass is 32.2. The Morgan fingerprint density at radius 1 is 1.26 bits per heavy atom. The van der Waals surface area contributed by atoms with E-state index in [0.29, 0.717) is 24.0 Å². The number of aryl methyl sites for hydroxylation is 2. The summed E-state index contributed by atoms with van der Waals surface area (Å²) in [7, 11) is 0. The Kier molecular flexibility index (Phi) is 6.83. The number of thiophene rings is 1. The maximum Gasteiger partial charge on any atom is 0.263 e. The quantitative estimate of drug-likeness (QED) is 0.262. The predicted molar refractivity (Wildman–Crippen MR) is 135 cm³/mol. The smallest absolute Gasteiger partial charge is 0.263 e. The van der Waals surface area contributed by atoms with Crippen LogP contribution in [-0.2, 0) is 30.7 Å². The van der Waals surface area contributed by atoms with Crippen molar-refractivity contribution in [1.82, 2.24) is 14.9 Å². The van der Waals surface area contributed by atoms with Crippen LogP contribution in [0.1, 0.15) is 55.5 Å². The molecule has 180 valence electrons. The van der Waals surface area contributed by atoms with Crippen molar-refractivity contribution >= 4 is 39.2 Å². The third-order valence-electron chi connectivity index (χ3n) is 6.33. The van der Waals surface area contributed by atoms with E-state index in [1.807, 2.05) is 25.1 Å². The van der Waals surface area contributed by atoms with Gasteiger partial charge in [-0.1, -0.05) is 37.6 Å². The van der Waals surface area contributed by atoms with Crippen LogP contribution in [0.3, 0.4) is 0 Å². The molecule has 1 aliphatic carbocycles. The van der Waals surface area contributed by atoms with Crippen molar-refractivity contribution in [3.05, 3.63) is 44.6 Å². The number of hydrogen-bond acceptors (Lipinski definition) is 7. The van der Waals surface area contributed by atoms with Gasteiger partial charge in [0.15, 0.2) is 16.7 Å². The normalized spacial score (nSPS) is 15.0. The lowest BCUT2D eigenvalue weighted by atomic mass is 10.2. The van der Waals surface area contributed by atoms with Crippen molar-refractivity contribution in [1.29, 1.82) is 0 Å². The summed E-state index contributed by atoms with van der Waals surface area (Å²) in [6.07, 6.45) is 6.18. The first-order valence-corrected chi connectivity index (χ1v) is 13.6. The molecule has 0 radical (unpaired) electrons. The van der Waals surface area contributed by atoms with Crippen LogP contribution in [-0.4, -0.2) is 27.5 Å². The number of fused-ring (bicyclic) bond motifs is 4. The number of nitrogens with one attached hydrogen (secondary N) is 1. The summed E-state index contributed by atoms with van der Waals surface area (Å²) in [6.45, 7) is 5.27. The first kappa shape index (κ1) is 23.2. The van der Waals surface area contributed by atoms with Crippen LogP contribution in [0.2, 0.25) is 0 Å². The first-order valence-electron chi connectivity index (χ1n) is 11.9. The molecule has 5 rings (SSSR count). The van der Waals surface area contributed by atoms with Gasteiger partial charge in [0.2, 0.25) is 12.7 Å². The largest absolute Gasteiger partial charge is 0.454 e. The van der Waals surface area contributed by atoms with Gasteiger partial charge in [-0.05, 0) is 55.9 Å². The highest BCUT2D eigenvalue weighted by molar-refractivity contribution is 8.00. The van der Waals surface area contributed by atoms with Crippen molar-refractivity contribution in [2.75, 3.05) is 6.79 Å². The average molecular weight is 500 g/mol. The minimum absolute atomic E-state index is 0.0518.